The molecule has 1 aliphatic heterocycles. The van der Waals surface area contributed by atoms with Crippen molar-refractivity contribution in [2.24, 2.45) is 5.92 Å². The fourth-order valence-electron chi connectivity index (χ4n) is 2.06. The summed E-state index contributed by atoms with van der Waals surface area (Å²) in [6, 6.07) is 8.01. The van der Waals surface area contributed by atoms with Gasteiger partial charge in [-0.2, -0.15) is 0 Å². The number of piperidine rings is 1. The van der Waals surface area contributed by atoms with E-state index in [1.165, 1.54) is 0 Å². The molecule has 0 saturated carbocycles. The van der Waals surface area contributed by atoms with Crippen LogP contribution in [0.4, 0.5) is 11.4 Å². The van der Waals surface area contributed by atoms with Crippen LogP contribution in [0.1, 0.15) is 12.8 Å². The van der Waals surface area contributed by atoms with Crippen molar-refractivity contribution in [1.82, 2.24) is 0 Å². The molecule has 0 unspecified atom stereocenters. The zero-order valence-electron chi connectivity index (χ0n) is 8.82. The largest absolute Gasteiger partial charge is 0.397 e. The van der Waals surface area contributed by atoms with Crippen molar-refractivity contribution in [3.8, 4) is 12.3 Å². The number of terminal acetylenes is 1. The summed E-state index contributed by atoms with van der Waals surface area (Å²) in [5.74, 6) is 3.28. The molecule has 0 radical (unpaired) electrons. The molecule has 0 aliphatic carbocycles. The maximum atomic E-state index is 5.94. The molecular weight excluding hydrogens is 184 g/mol. The van der Waals surface area contributed by atoms with Crippen LogP contribution in [0.2, 0.25) is 0 Å². The van der Waals surface area contributed by atoms with E-state index in [1.807, 2.05) is 18.2 Å². The third-order valence-corrected chi connectivity index (χ3v) is 3.01. The fraction of sp³-hybridized carbons (Fsp3) is 0.385. The first-order valence-corrected chi connectivity index (χ1v) is 5.37. The molecule has 2 rings (SSSR count). The monoisotopic (exact) mass is 200 g/mol. The van der Waals surface area contributed by atoms with Crippen molar-refractivity contribution in [3.05, 3.63) is 24.3 Å². The average Bonchev–Trinajstić information content (AvgIpc) is 2.30. The lowest BCUT2D eigenvalue weighted by Gasteiger charge is -2.32. The predicted molar refractivity (Wildman–Crippen MR) is 64.6 cm³/mol. The molecule has 2 heteroatoms. The Morgan fingerprint density at radius 2 is 1.93 bits per heavy atom. The highest BCUT2D eigenvalue weighted by Gasteiger charge is 2.18. The Morgan fingerprint density at radius 1 is 1.27 bits per heavy atom. The number of nitrogens with zero attached hydrogens (tertiary/aromatic N) is 1. The van der Waals surface area contributed by atoms with Crippen molar-refractivity contribution >= 4 is 11.4 Å². The highest BCUT2D eigenvalue weighted by molar-refractivity contribution is 5.67. The molecule has 1 aliphatic rings. The second-order valence-electron chi connectivity index (χ2n) is 3.99. The van der Waals surface area contributed by atoms with Gasteiger partial charge in [-0.15, -0.1) is 12.3 Å². The van der Waals surface area contributed by atoms with Crippen LogP contribution in [0.3, 0.4) is 0 Å². The summed E-state index contributed by atoms with van der Waals surface area (Å²) in [6.07, 6.45) is 7.57. The van der Waals surface area contributed by atoms with E-state index in [0.717, 1.165) is 37.3 Å². The van der Waals surface area contributed by atoms with E-state index in [2.05, 4.69) is 16.9 Å². The van der Waals surface area contributed by atoms with E-state index in [0.29, 0.717) is 5.92 Å². The van der Waals surface area contributed by atoms with E-state index in [4.69, 9.17) is 12.2 Å². The molecule has 1 aromatic carbocycles. The van der Waals surface area contributed by atoms with Crippen LogP contribution >= 0.6 is 0 Å². The number of nitrogen functional groups attached to an aromatic ring is 1. The molecule has 1 heterocycles. The number of hydrogen-bond donors (Lipinski definition) is 1. The molecule has 2 nitrogen and oxygen atoms in total. The minimum Gasteiger partial charge on any atom is -0.397 e. The molecule has 0 atom stereocenters. The molecule has 2 N–H and O–H groups in total. The lowest BCUT2D eigenvalue weighted by molar-refractivity contribution is 0.492. The summed E-state index contributed by atoms with van der Waals surface area (Å²) >= 11 is 0. The van der Waals surface area contributed by atoms with Gasteiger partial charge in [0.25, 0.3) is 0 Å². The Kier molecular flexibility index (Phi) is 2.82. The van der Waals surface area contributed by atoms with Gasteiger partial charge in [0.05, 0.1) is 11.4 Å². The van der Waals surface area contributed by atoms with Gasteiger partial charge in [0, 0.05) is 19.0 Å². The lowest BCUT2D eigenvalue weighted by atomic mass is 9.97. The van der Waals surface area contributed by atoms with Crippen LogP contribution in [0.5, 0.6) is 0 Å². The number of nitrogens with two attached hydrogens (primary N) is 1. The second kappa shape index (κ2) is 4.27. The van der Waals surface area contributed by atoms with Crippen LogP contribution in [0.25, 0.3) is 0 Å². The smallest absolute Gasteiger partial charge is 0.0599 e. The average molecular weight is 200 g/mol. The first-order valence-electron chi connectivity index (χ1n) is 5.37. The Labute approximate surface area is 91.1 Å². The third-order valence-electron chi connectivity index (χ3n) is 3.01. The Balaban J connectivity index is 2.08. The number of anilines is 2. The zero-order chi connectivity index (χ0) is 10.7. The molecule has 0 aromatic heterocycles. The van der Waals surface area contributed by atoms with E-state index >= 15 is 0 Å². The van der Waals surface area contributed by atoms with E-state index < -0.39 is 0 Å². The molecule has 0 spiro atoms. The van der Waals surface area contributed by atoms with Gasteiger partial charge in [0.1, 0.15) is 0 Å². The second-order valence-corrected chi connectivity index (χ2v) is 3.99. The van der Waals surface area contributed by atoms with Crippen molar-refractivity contribution in [1.29, 1.82) is 0 Å². The third kappa shape index (κ3) is 2.07. The fourth-order valence-corrected chi connectivity index (χ4v) is 2.06. The van der Waals surface area contributed by atoms with Crippen LogP contribution in [-0.4, -0.2) is 13.1 Å². The number of para-hydroxylation sites is 2. The van der Waals surface area contributed by atoms with Gasteiger partial charge >= 0.3 is 0 Å². The minimum atomic E-state index is 0.450. The normalized spacial score (nSPS) is 17.4. The summed E-state index contributed by atoms with van der Waals surface area (Å²) in [6.45, 7) is 2.03. The van der Waals surface area contributed by atoms with Crippen LogP contribution in [0, 0.1) is 18.3 Å². The highest BCUT2D eigenvalue weighted by Crippen LogP contribution is 2.27. The van der Waals surface area contributed by atoms with E-state index in [-0.39, 0.29) is 0 Å². The van der Waals surface area contributed by atoms with Gasteiger partial charge in [-0.25, -0.2) is 0 Å². The first-order chi connectivity index (χ1) is 7.31. The number of hydrogen-bond acceptors (Lipinski definition) is 2. The zero-order valence-corrected chi connectivity index (χ0v) is 8.82. The molecule has 1 fully saturated rings. The highest BCUT2D eigenvalue weighted by atomic mass is 15.1. The summed E-state index contributed by atoms with van der Waals surface area (Å²) < 4.78 is 0. The molecule has 0 amide bonds. The topological polar surface area (TPSA) is 29.3 Å². The molecular formula is C13H16N2. The SMILES string of the molecule is C#CC1CCN(c2ccccc2N)CC1. The van der Waals surface area contributed by atoms with Crippen molar-refractivity contribution in [3.63, 3.8) is 0 Å². The minimum absolute atomic E-state index is 0.450. The Hall–Kier alpha value is -1.62. The Bertz CT molecular complexity index is 370. The van der Waals surface area contributed by atoms with Gasteiger partial charge in [-0.1, -0.05) is 12.1 Å². The standard InChI is InChI=1S/C13H16N2/c1-2-11-7-9-15(10-8-11)13-6-4-3-5-12(13)14/h1,3-6,11H,7-10,14H2. The van der Waals surface area contributed by atoms with Crippen molar-refractivity contribution in [2.75, 3.05) is 23.7 Å². The van der Waals surface area contributed by atoms with E-state index in [1.54, 1.807) is 0 Å². The van der Waals surface area contributed by atoms with Crippen LogP contribution in [-0.2, 0) is 0 Å². The summed E-state index contributed by atoms with van der Waals surface area (Å²) in [7, 11) is 0. The molecule has 15 heavy (non-hydrogen) atoms. The molecule has 1 aromatic rings. The maximum absolute atomic E-state index is 5.94. The molecule has 1 saturated heterocycles. The van der Waals surface area contributed by atoms with Gasteiger partial charge in [-0.05, 0) is 25.0 Å². The summed E-state index contributed by atoms with van der Waals surface area (Å²) in [4.78, 5) is 2.32. The summed E-state index contributed by atoms with van der Waals surface area (Å²) in [5.41, 5.74) is 7.94. The van der Waals surface area contributed by atoms with Crippen LogP contribution < -0.4 is 10.6 Å². The molecule has 78 valence electrons. The Morgan fingerprint density at radius 3 is 2.53 bits per heavy atom. The first kappa shape index (κ1) is 9.92. The maximum Gasteiger partial charge on any atom is 0.0599 e. The van der Waals surface area contributed by atoms with E-state index in [9.17, 15) is 0 Å². The van der Waals surface area contributed by atoms with Gasteiger partial charge in [-0.3, -0.25) is 0 Å². The van der Waals surface area contributed by atoms with Crippen molar-refractivity contribution in [2.45, 2.75) is 12.8 Å². The van der Waals surface area contributed by atoms with Gasteiger partial charge < -0.3 is 10.6 Å². The molecule has 0 bridgehead atoms. The quantitative estimate of drug-likeness (QED) is 0.556. The van der Waals surface area contributed by atoms with Crippen molar-refractivity contribution < 1.29 is 0 Å². The van der Waals surface area contributed by atoms with Gasteiger partial charge in [0.15, 0.2) is 0 Å². The van der Waals surface area contributed by atoms with Gasteiger partial charge in [0.2, 0.25) is 0 Å². The predicted octanol–water partition coefficient (Wildman–Crippen LogP) is 2.12. The van der Waals surface area contributed by atoms with Crippen LogP contribution in [0.15, 0.2) is 24.3 Å². The lowest BCUT2D eigenvalue weighted by Crippen LogP contribution is -2.33. The number of benzene rings is 1. The number of rotatable bonds is 1. The summed E-state index contributed by atoms with van der Waals surface area (Å²) in [5, 5.41) is 0.